The number of hydrogen-bond acceptors (Lipinski definition) is 12. The minimum Gasteiger partial charge on any atom is -0.459 e. The first kappa shape index (κ1) is 43.2. The Balaban J connectivity index is -0.000000785. The highest BCUT2D eigenvalue weighted by atomic mass is 32.2. The van der Waals surface area contributed by atoms with Crippen LogP contribution >= 0.6 is 0 Å². The molecule has 242 valence electrons. The van der Waals surface area contributed by atoms with Gasteiger partial charge >= 0.3 is 5.97 Å². The van der Waals surface area contributed by atoms with Crippen LogP contribution in [0.1, 0.15) is 44.1 Å². The van der Waals surface area contributed by atoms with Crippen molar-refractivity contribution < 1.29 is 53.2 Å². The lowest BCUT2D eigenvalue weighted by atomic mass is 10.1. The summed E-state index contributed by atoms with van der Waals surface area (Å²) in [6.45, 7) is 1.28. The van der Waals surface area contributed by atoms with Crippen molar-refractivity contribution in [2.75, 3.05) is 31.9 Å². The highest BCUT2D eigenvalue weighted by Crippen LogP contribution is 2.07. The van der Waals surface area contributed by atoms with E-state index in [4.69, 9.17) is 35.6 Å². The Morgan fingerprint density at radius 3 is 1.56 bits per heavy atom. The number of hydrogen-bond donors (Lipinski definition) is 7. The van der Waals surface area contributed by atoms with E-state index >= 15 is 0 Å². The molecule has 16 nitrogen and oxygen atoms in total. The molecule has 41 heavy (non-hydrogen) atoms. The molecule has 0 aliphatic heterocycles. The fourth-order valence-electron chi connectivity index (χ4n) is 2.49. The summed E-state index contributed by atoms with van der Waals surface area (Å²) in [4.78, 5) is 24.7. The van der Waals surface area contributed by atoms with E-state index in [0.29, 0.717) is 44.7 Å². The molecular formula is C22H44N4O12S3. The summed E-state index contributed by atoms with van der Waals surface area (Å²) in [5.41, 5.74) is 17.8. The molecule has 0 radical (unpaired) electrons. The Morgan fingerprint density at radius 1 is 0.780 bits per heavy atom. The molecule has 1 aromatic carbocycles. The summed E-state index contributed by atoms with van der Waals surface area (Å²) in [5, 5.41) is 2.73. The normalized spacial score (nSPS) is 12.5. The smallest absolute Gasteiger partial charge is 0.328 e. The van der Waals surface area contributed by atoms with Gasteiger partial charge in [0.2, 0.25) is 5.91 Å². The van der Waals surface area contributed by atoms with Crippen LogP contribution in [0, 0.1) is 0 Å². The van der Waals surface area contributed by atoms with Gasteiger partial charge in [-0.3, -0.25) is 18.5 Å². The van der Waals surface area contributed by atoms with Crippen molar-refractivity contribution in [1.82, 2.24) is 5.32 Å². The second-order valence-electron chi connectivity index (χ2n) is 8.53. The van der Waals surface area contributed by atoms with Crippen molar-refractivity contribution in [3.8, 4) is 0 Å². The second-order valence-corrected chi connectivity index (χ2v) is 12.9. The van der Waals surface area contributed by atoms with Gasteiger partial charge in [0.05, 0.1) is 24.8 Å². The number of benzene rings is 1. The number of esters is 1. The van der Waals surface area contributed by atoms with Gasteiger partial charge in [-0.2, -0.15) is 25.3 Å². The third-order valence-corrected chi connectivity index (χ3v) is 4.08. The zero-order valence-corrected chi connectivity index (χ0v) is 25.8. The van der Waals surface area contributed by atoms with Gasteiger partial charge in [0, 0.05) is 0 Å². The Bertz CT molecular complexity index is 1070. The zero-order chi connectivity index (χ0) is 32.7. The third-order valence-electron chi connectivity index (χ3n) is 4.08. The van der Waals surface area contributed by atoms with Crippen LogP contribution < -0.4 is 22.5 Å². The predicted molar refractivity (Wildman–Crippen MR) is 154 cm³/mol. The van der Waals surface area contributed by atoms with E-state index in [1.54, 1.807) is 0 Å². The van der Waals surface area contributed by atoms with E-state index in [1.807, 2.05) is 30.3 Å². The molecule has 0 aliphatic rings. The quantitative estimate of drug-likeness (QED) is 0.0788. The van der Waals surface area contributed by atoms with Gasteiger partial charge in [-0.25, -0.2) is 4.79 Å². The molecule has 0 saturated heterocycles. The molecule has 0 spiro atoms. The van der Waals surface area contributed by atoms with Gasteiger partial charge in [0.15, 0.2) is 0 Å². The molecule has 2 atom stereocenters. The van der Waals surface area contributed by atoms with Gasteiger partial charge in [-0.1, -0.05) is 36.8 Å². The van der Waals surface area contributed by atoms with Gasteiger partial charge < -0.3 is 27.3 Å². The highest BCUT2D eigenvalue weighted by Gasteiger charge is 2.24. The lowest BCUT2D eigenvalue weighted by Crippen LogP contribution is -2.49. The van der Waals surface area contributed by atoms with Crippen LogP contribution in [0.4, 0.5) is 0 Å². The van der Waals surface area contributed by atoms with E-state index in [-0.39, 0.29) is 12.5 Å². The zero-order valence-electron chi connectivity index (χ0n) is 23.4. The molecule has 0 aromatic heterocycles. The number of amides is 1. The molecule has 0 bridgehead atoms. The van der Waals surface area contributed by atoms with E-state index < -0.39 is 48.4 Å². The summed E-state index contributed by atoms with van der Waals surface area (Å²) < 4.78 is 83.0. The second kappa shape index (κ2) is 23.3. The number of unbranched alkanes of at least 4 members (excludes halogenated alkanes) is 2. The summed E-state index contributed by atoms with van der Waals surface area (Å²) in [5.74, 6) is -0.787. The van der Waals surface area contributed by atoms with Crippen molar-refractivity contribution in [2.24, 2.45) is 17.2 Å². The Labute approximate surface area is 242 Å². The molecule has 0 heterocycles. The predicted octanol–water partition coefficient (Wildman–Crippen LogP) is -0.688. The minimum atomic E-state index is -3.67. The molecule has 0 fully saturated rings. The number of nitrogens with one attached hydrogen (secondary N) is 1. The van der Waals surface area contributed by atoms with Crippen LogP contribution in [-0.2, 0) is 51.3 Å². The fraction of sp³-hybridized carbons (Fsp3) is 0.636. The first-order chi connectivity index (χ1) is 18.6. The maximum Gasteiger partial charge on any atom is 0.328 e. The van der Waals surface area contributed by atoms with Crippen molar-refractivity contribution in [3.05, 3.63) is 35.9 Å². The number of ether oxygens (including phenoxy) is 1. The largest absolute Gasteiger partial charge is 0.459 e. The van der Waals surface area contributed by atoms with E-state index in [1.165, 1.54) is 0 Å². The van der Waals surface area contributed by atoms with Crippen molar-refractivity contribution in [3.63, 3.8) is 0 Å². The summed E-state index contributed by atoms with van der Waals surface area (Å²) >= 11 is 0. The molecule has 0 aliphatic carbocycles. The van der Waals surface area contributed by atoms with Crippen molar-refractivity contribution >= 4 is 42.2 Å². The standard InChI is InChI=1S/C19H32N4O3.3CH4O3S/c20-12-6-4-10-16(22)18(24)23-17(11-5-7-13-21)19(25)26-14-15-8-2-1-3-9-15;3*1-5(2,3)4/h1-3,8-9,16-17H,4-7,10-14,20-22H2,(H,23,24);3*1H3,(H,2,3,4)/t16-,17-;;;/m0.../s1. The Hall–Kier alpha value is -2.23. The van der Waals surface area contributed by atoms with E-state index in [0.717, 1.165) is 31.2 Å². The van der Waals surface area contributed by atoms with Crippen LogP contribution in [0.15, 0.2) is 30.3 Å². The molecule has 0 saturated carbocycles. The van der Waals surface area contributed by atoms with E-state index in [2.05, 4.69) is 5.32 Å². The van der Waals surface area contributed by atoms with Gasteiger partial charge in [-0.05, 0) is 50.8 Å². The maximum absolute atomic E-state index is 12.4. The monoisotopic (exact) mass is 652 g/mol. The van der Waals surface area contributed by atoms with Crippen molar-refractivity contribution in [1.29, 1.82) is 0 Å². The van der Waals surface area contributed by atoms with Crippen LogP contribution in [0.3, 0.4) is 0 Å². The van der Waals surface area contributed by atoms with Crippen LogP contribution in [-0.4, -0.2) is 94.7 Å². The maximum atomic E-state index is 12.4. The number of rotatable bonds is 13. The lowest BCUT2D eigenvalue weighted by Gasteiger charge is -2.20. The first-order valence-corrected chi connectivity index (χ1v) is 17.6. The number of carbonyl (C=O) groups excluding carboxylic acids is 2. The molecule has 0 unspecified atom stereocenters. The van der Waals surface area contributed by atoms with Crippen LogP contribution in [0.5, 0.6) is 0 Å². The average molecular weight is 653 g/mol. The van der Waals surface area contributed by atoms with Crippen LogP contribution in [0.2, 0.25) is 0 Å². The summed E-state index contributed by atoms with van der Waals surface area (Å²) in [6.07, 6.45) is 6.27. The molecule has 1 aromatic rings. The average Bonchev–Trinajstić information content (AvgIpc) is 2.79. The first-order valence-electron chi connectivity index (χ1n) is 12.0. The lowest BCUT2D eigenvalue weighted by molar-refractivity contribution is -0.149. The topological polar surface area (TPSA) is 297 Å². The molecule has 1 rings (SSSR count). The Kier molecular flexibility index (Phi) is 24.6. The van der Waals surface area contributed by atoms with Crippen LogP contribution in [0.25, 0.3) is 0 Å². The van der Waals surface area contributed by atoms with E-state index in [9.17, 15) is 34.8 Å². The fourth-order valence-corrected chi connectivity index (χ4v) is 2.49. The Morgan fingerprint density at radius 2 is 1.17 bits per heavy atom. The van der Waals surface area contributed by atoms with Crippen molar-refractivity contribution in [2.45, 2.75) is 57.2 Å². The summed E-state index contributed by atoms with van der Waals surface area (Å²) in [6, 6.07) is 8.05. The molecule has 10 N–H and O–H groups in total. The van der Waals surface area contributed by atoms with Gasteiger partial charge in [-0.15, -0.1) is 0 Å². The highest BCUT2D eigenvalue weighted by molar-refractivity contribution is 7.85. The molecule has 1 amide bonds. The third kappa shape index (κ3) is 45.0. The SMILES string of the molecule is CS(=O)(=O)O.CS(=O)(=O)O.CS(=O)(=O)O.NCCCC[C@H](NC(=O)[C@@H](N)CCCCN)C(=O)OCc1ccccc1. The summed E-state index contributed by atoms with van der Waals surface area (Å²) in [7, 11) is -11.0. The molecule has 19 heteroatoms. The minimum absolute atomic E-state index is 0.172. The van der Waals surface area contributed by atoms with Gasteiger partial charge in [0.1, 0.15) is 12.6 Å². The van der Waals surface area contributed by atoms with Gasteiger partial charge in [0.25, 0.3) is 30.4 Å². The molecular weight excluding hydrogens is 608 g/mol. The number of carbonyl (C=O) groups is 2. The number of nitrogens with two attached hydrogens (primary N) is 3.